The summed E-state index contributed by atoms with van der Waals surface area (Å²) in [6.45, 7) is 5.38. The molecule has 0 N–H and O–H groups in total. The monoisotopic (exact) mass is 386 g/mol. The SMILES string of the molecule is Cc1cnn(C)c1CN1CCCC2(CC1)CN(c1cccc(F)c1)C(=O)CO2. The predicted molar refractivity (Wildman–Crippen MR) is 105 cm³/mol. The third-order valence-corrected chi connectivity index (χ3v) is 6.00. The van der Waals surface area contributed by atoms with Crippen LogP contribution in [0, 0.1) is 12.7 Å². The molecule has 150 valence electrons. The van der Waals surface area contributed by atoms with Crippen molar-refractivity contribution in [3.63, 3.8) is 0 Å². The number of ether oxygens (including phenoxy) is 1. The molecule has 0 bridgehead atoms. The van der Waals surface area contributed by atoms with Gasteiger partial charge < -0.3 is 9.64 Å². The minimum Gasteiger partial charge on any atom is -0.363 e. The van der Waals surface area contributed by atoms with Gasteiger partial charge >= 0.3 is 0 Å². The van der Waals surface area contributed by atoms with Gasteiger partial charge in [-0.3, -0.25) is 14.4 Å². The van der Waals surface area contributed by atoms with Crippen molar-refractivity contribution in [1.29, 1.82) is 0 Å². The smallest absolute Gasteiger partial charge is 0.253 e. The van der Waals surface area contributed by atoms with Crippen LogP contribution in [0.1, 0.15) is 30.5 Å². The highest BCUT2D eigenvalue weighted by molar-refractivity contribution is 5.95. The number of hydrogen-bond donors (Lipinski definition) is 0. The number of carbonyl (C=O) groups excluding carboxylic acids is 1. The molecule has 0 radical (unpaired) electrons. The van der Waals surface area contributed by atoms with Gasteiger partial charge in [-0.25, -0.2) is 4.39 Å². The van der Waals surface area contributed by atoms with E-state index in [1.807, 2.05) is 17.9 Å². The summed E-state index contributed by atoms with van der Waals surface area (Å²) in [4.78, 5) is 16.6. The van der Waals surface area contributed by atoms with Crippen LogP contribution in [0.2, 0.25) is 0 Å². The second-order valence-electron chi connectivity index (χ2n) is 7.96. The van der Waals surface area contributed by atoms with Gasteiger partial charge in [-0.05, 0) is 56.5 Å². The molecule has 2 saturated heterocycles. The summed E-state index contributed by atoms with van der Waals surface area (Å²) < 4.78 is 21.7. The topological polar surface area (TPSA) is 50.6 Å². The van der Waals surface area contributed by atoms with Crippen molar-refractivity contribution in [3.8, 4) is 0 Å². The molecule has 0 aliphatic carbocycles. The first-order valence-electron chi connectivity index (χ1n) is 9.85. The summed E-state index contributed by atoms with van der Waals surface area (Å²) in [6, 6.07) is 6.25. The van der Waals surface area contributed by atoms with Crippen molar-refractivity contribution in [2.45, 2.75) is 38.3 Å². The maximum absolute atomic E-state index is 13.7. The number of benzene rings is 1. The van der Waals surface area contributed by atoms with E-state index >= 15 is 0 Å². The van der Waals surface area contributed by atoms with Gasteiger partial charge in [0.25, 0.3) is 5.91 Å². The Morgan fingerprint density at radius 1 is 1.29 bits per heavy atom. The van der Waals surface area contributed by atoms with E-state index in [0.29, 0.717) is 12.2 Å². The Bertz CT molecular complexity index is 848. The van der Waals surface area contributed by atoms with E-state index in [1.54, 1.807) is 17.0 Å². The Balaban J connectivity index is 1.47. The Morgan fingerprint density at radius 2 is 2.14 bits per heavy atom. The van der Waals surface area contributed by atoms with Crippen LogP contribution < -0.4 is 4.90 Å². The third-order valence-electron chi connectivity index (χ3n) is 6.00. The number of likely N-dealkylation sites (tertiary alicyclic amines) is 1. The van der Waals surface area contributed by atoms with Crippen LogP contribution in [0.4, 0.5) is 10.1 Å². The van der Waals surface area contributed by atoms with E-state index in [1.165, 1.54) is 23.4 Å². The number of carbonyl (C=O) groups is 1. The third kappa shape index (κ3) is 3.82. The molecule has 2 aliphatic heterocycles. The zero-order valence-electron chi connectivity index (χ0n) is 16.5. The molecular formula is C21H27FN4O2. The number of anilines is 1. The lowest BCUT2D eigenvalue weighted by Gasteiger charge is -2.42. The first kappa shape index (κ1) is 19.1. The highest BCUT2D eigenvalue weighted by atomic mass is 19.1. The number of hydrogen-bond acceptors (Lipinski definition) is 4. The fourth-order valence-corrected chi connectivity index (χ4v) is 4.29. The fourth-order valence-electron chi connectivity index (χ4n) is 4.29. The molecule has 4 rings (SSSR count). The summed E-state index contributed by atoms with van der Waals surface area (Å²) in [5.41, 5.74) is 2.69. The molecule has 2 aliphatic rings. The van der Waals surface area contributed by atoms with Gasteiger partial charge in [0.1, 0.15) is 12.4 Å². The molecule has 6 nitrogen and oxygen atoms in total. The van der Waals surface area contributed by atoms with E-state index in [9.17, 15) is 9.18 Å². The molecule has 1 aromatic carbocycles. The Kier molecular flexibility index (Phi) is 5.21. The van der Waals surface area contributed by atoms with Gasteiger partial charge in [0.2, 0.25) is 0 Å². The van der Waals surface area contributed by atoms with Crippen molar-refractivity contribution >= 4 is 11.6 Å². The zero-order valence-corrected chi connectivity index (χ0v) is 16.5. The number of morpholine rings is 1. The van der Waals surface area contributed by atoms with E-state index in [4.69, 9.17) is 4.74 Å². The molecule has 1 amide bonds. The highest BCUT2D eigenvalue weighted by Crippen LogP contribution is 2.33. The van der Waals surface area contributed by atoms with Crippen LogP contribution in [-0.2, 0) is 23.1 Å². The standard InChI is InChI=1S/C21H27FN4O2/c1-16-12-23-24(2)19(16)13-25-9-4-7-21(8-10-25)15-26(20(27)14-28-21)18-6-3-5-17(22)11-18/h3,5-6,11-12H,4,7-10,13-15H2,1-2H3. The fraction of sp³-hybridized carbons (Fsp3) is 0.524. The number of rotatable bonds is 3. The predicted octanol–water partition coefficient (Wildman–Crippen LogP) is 2.66. The van der Waals surface area contributed by atoms with Crippen molar-refractivity contribution in [3.05, 3.63) is 47.5 Å². The first-order valence-corrected chi connectivity index (χ1v) is 9.85. The Morgan fingerprint density at radius 3 is 2.89 bits per heavy atom. The summed E-state index contributed by atoms with van der Waals surface area (Å²) in [5, 5.41) is 4.34. The Labute approximate surface area is 164 Å². The largest absolute Gasteiger partial charge is 0.363 e. The summed E-state index contributed by atoms with van der Waals surface area (Å²) >= 11 is 0. The summed E-state index contributed by atoms with van der Waals surface area (Å²) in [6.07, 6.45) is 4.65. The van der Waals surface area contributed by atoms with Crippen molar-refractivity contribution in [2.75, 3.05) is 31.1 Å². The van der Waals surface area contributed by atoms with Crippen LogP contribution in [-0.4, -0.2) is 52.4 Å². The van der Waals surface area contributed by atoms with E-state index in [0.717, 1.165) is 38.9 Å². The minimum absolute atomic E-state index is 0.0529. The number of nitrogens with zero attached hydrogens (tertiary/aromatic N) is 4. The molecule has 28 heavy (non-hydrogen) atoms. The maximum atomic E-state index is 13.7. The second-order valence-corrected chi connectivity index (χ2v) is 7.96. The lowest BCUT2D eigenvalue weighted by molar-refractivity contribution is -0.140. The highest BCUT2D eigenvalue weighted by Gasteiger charge is 2.41. The molecule has 7 heteroatoms. The quantitative estimate of drug-likeness (QED) is 0.814. The van der Waals surface area contributed by atoms with E-state index in [-0.39, 0.29) is 23.9 Å². The van der Waals surface area contributed by atoms with Gasteiger partial charge in [-0.1, -0.05) is 6.07 Å². The molecular weight excluding hydrogens is 359 g/mol. The van der Waals surface area contributed by atoms with Gasteiger partial charge in [0, 0.05) is 25.8 Å². The van der Waals surface area contributed by atoms with Gasteiger partial charge in [-0.2, -0.15) is 5.10 Å². The second kappa shape index (κ2) is 7.64. The Hall–Kier alpha value is -2.25. The number of amides is 1. The van der Waals surface area contributed by atoms with Crippen molar-refractivity contribution in [1.82, 2.24) is 14.7 Å². The summed E-state index contributed by atoms with van der Waals surface area (Å²) in [5.74, 6) is -0.438. The van der Waals surface area contributed by atoms with Crippen molar-refractivity contribution in [2.24, 2.45) is 7.05 Å². The molecule has 0 saturated carbocycles. The van der Waals surface area contributed by atoms with Crippen LogP contribution in [0.25, 0.3) is 0 Å². The van der Waals surface area contributed by atoms with E-state index < -0.39 is 0 Å². The lowest BCUT2D eigenvalue weighted by atomic mass is 9.92. The minimum atomic E-state index is -0.365. The van der Waals surface area contributed by atoms with Crippen molar-refractivity contribution < 1.29 is 13.9 Å². The molecule has 1 atom stereocenters. The first-order chi connectivity index (χ1) is 13.5. The maximum Gasteiger partial charge on any atom is 0.253 e. The molecule has 1 aromatic heterocycles. The number of aromatic nitrogens is 2. The lowest BCUT2D eigenvalue weighted by Crippen LogP contribution is -2.55. The van der Waals surface area contributed by atoms with Crippen LogP contribution in [0.15, 0.2) is 30.5 Å². The molecule has 2 fully saturated rings. The average Bonchev–Trinajstić information content (AvgIpc) is 2.88. The molecule has 3 heterocycles. The molecule has 1 spiro atoms. The van der Waals surface area contributed by atoms with Gasteiger partial charge in [0.15, 0.2) is 0 Å². The average molecular weight is 386 g/mol. The number of halogens is 1. The van der Waals surface area contributed by atoms with Gasteiger partial charge in [-0.15, -0.1) is 0 Å². The zero-order chi connectivity index (χ0) is 19.7. The normalized spacial score (nSPS) is 24.0. The number of aryl methyl sites for hydroxylation is 2. The van der Waals surface area contributed by atoms with Crippen LogP contribution in [0.3, 0.4) is 0 Å². The van der Waals surface area contributed by atoms with Crippen LogP contribution >= 0.6 is 0 Å². The van der Waals surface area contributed by atoms with Gasteiger partial charge in [0.05, 0.1) is 24.0 Å². The summed E-state index contributed by atoms with van der Waals surface area (Å²) in [7, 11) is 1.98. The molecule has 1 unspecified atom stereocenters. The molecule has 2 aromatic rings. The van der Waals surface area contributed by atoms with E-state index in [2.05, 4.69) is 16.9 Å². The van der Waals surface area contributed by atoms with Crippen LogP contribution in [0.5, 0.6) is 0 Å².